The van der Waals surface area contributed by atoms with Crippen LogP contribution in [0.5, 0.6) is 5.75 Å². The van der Waals surface area contributed by atoms with Crippen LogP contribution in [0.1, 0.15) is 25.8 Å². The van der Waals surface area contributed by atoms with E-state index in [0.29, 0.717) is 17.9 Å². The topological polar surface area (TPSA) is 96.0 Å². The van der Waals surface area contributed by atoms with Crippen LogP contribution < -0.4 is 14.4 Å². The van der Waals surface area contributed by atoms with Crippen molar-refractivity contribution in [1.82, 2.24) is 10.2 Å². The Labute approximate surface area is 239 Å². The van der Waals surface area contributed by atoms with Gasteiger partial charge in [0.15, 0.2) is 0 Å². The summed E-state index contributed by atoms with van der Waals surface area (Å²) in [4.78, 5) is 28.2. The fourth-order valence-electron chi connectivity index (χ4n) is 3.83. The van der Waals surface area contributed by atoms with E-state index < -0.39 is 28.5 Å². The number of halogens is 2. The Bertz CT molecular complexity index is 1400. The molecule has 0 fully saturated rings. The lowest BCUT2D eigenvalue weighted by atomic mass is 10.1. The van der Waals surface area contributed by atoms with Crippen molar-refractivity contribution in [3.05, 3.63) is 88.4 Å². The molecule has 0 saturated carbocycles. The molecular weight excluding hydrogens is 561 g/mol. The zero-order valence-corrected chi connectivity index (χ0v) is 24.3. The summed E-state index contributed by atoms with van der Waals surface area (Å²) in [5.41, 5.74) is 0.871. The quantitative estimate of drug-likeness (QED) is 0.314. The molecule has 11 heteroatoms. The predicted molar refractivity (Wildman–Crippen MR) is 154 cm³/mol. The highest BCUT2D eigenvalue weighted by Crippen LogP contribution is 2.31. The molecule has 3 aromatic carbocycles. The van der Waals surface area contributed by atoms with E-state index in [1.54, 1.807) is 49.4 Å². The van der Waals surface area contributed by atoms with Crippen molar-refractivity contribution in [2.45, 2.75) is 37.8 Å². The molecule has 0 saturated heterocycles. The normalized spacial score (nSPS) is 11.9. The summed E-state index contributed by atoms with van der Waals surface area (Å²) in [7, 11) is -2.66. The second kappa shape index (κ2) is 13.7. The Morgan fingerprint density at radius 1 is 0.974 bits per heavy atom. The van der Waals surface area contributed by atoms with Crippen molar-refractivity contribution in [2.75, 3.05) is 24.5 Å². The maximum atomic E-state index is 13.9. The van der Waals surface area contributed by atoms with E-state index in [1.165, 1.54) is 42.3 Å². The monoisotopic (exact) mass is 591 g/mol. The number of ether oxygens (including phenoxy) is 1. The average molecular weight is 593 g/mol. The molecular formula is C28H31Cl2N3O5S. The summed E-state index contributed by atoms with van der Waals surface area (Å²) in [5.74, 6) is -0.338. The highest BCUT2D eigenvalue weighted by atomic mass is 35.5. The first-order valence-electron chi connectivity index (χ1n) is 12.3. The van der Waals surface area contributed by atoms with E-state index in [4.69, 9.17) is 27.9 Å². The van der Waals surface area contributed by atoms with Gasteiger partial charge in [-0.15, -0.1) is 0 Å². The van der Waals surface area contributed by atoms with Crippen molar-refractivity contribution < 1.29 is 22.7 Å². The minimum atomic E-state index is -4.19. The third-order valence-corrected chi connectivity index (χ3v) is 8.53. The molecule has 1 atom stereocenters. The number of amides is 2. The minimum absolute atomic E-state index is 0.00282. The van der Waals surface area contributed by atoms with Crippen LogP contribution in [0.25, 0.3) is 0 Å². The molecule has 208 valence electrons. The van der Waals surface area contributed by atoms with Gasteiger partial charge in [-0.1, -0.05) is 60.5 Å². The van der Waals surface area contributed by atoms with E-state index in [-0.39, 0.29) is 33.1 Å². The molecule has 3 rings (SSSR count). The summed E-state index contributed by atoms with van der Waals surface area (Å²) < 4.78 is 33.8. The van der Waals surface area contributed by atoms with Crippen molar-refractivity contribution >= 4 is 50.7 Å². The van der Waals surface area contributed by atoms with Crippen LogP contribution >= 0.6 is 23.2 Å². The van der Waals surface area contributed by atoms with Gasteiger partial charge in [-0.05, 0) is 61.4 Å². The van der Waals surface area contributed by atoms with Gasteiger partial charge in [-0.3, -0.25) is 13.9 Å². The van der Waals surface area contributed by atoms with Gasteiger partial charge in [-0.2, -0.15) is 0 Å². The largest absolute Gasteiger partial charge is 0.497 e. The molecule has 39 heavy (non-hydrogen) atoms. The first-order valence-corrected chi connectivity index (χ1v) is 14.5. The Hall–Kier alpha value is -3.27. The molecule has 0 aliphatic rings. The Morgan fingerprint density at radius 2 is 1.69 bits per heavy atom. The van der Waals surface area contributed by atoms with E-state index in [1.807, 2.05) is 6.92 Å². The van der Waals surface area contributed by atoms with E-state index in [0.717, 1.165) is 10.7 Å². The molecule has 0 radical (unpaired) electrons. The van der Waals surface area contributed by atoms with Crippen LogP contribution in [-0.2, 0) is 26.2 Å². The molecule has 1 unspecified atom stereocenters. The second-order valence-electron chi connectivity index (χ2n) is 8.76. The molecule has 0 spiro atoms. The maximum absolute atomic E-state index is 13.9. The third-order valence-electron chi connectivity index (χ3n) is 6.00. The number of hydrogen-bond acceptors (Lipinski definition) is 5. The van der Waals surface area contributed by atoms with Gasteiger partial charge >= 0.3 is 0 Å². The zero-order valence-electron chi connectivity index (χ0n) is 21.9. The SMILES string of the molecule is CCCNC(=O)C(C)N(Cc1cccc(OC)c1)C(=O)CN(c1ccc(Cl)c(Cl)c1)S(=O)(=O)c1ccccc1. The van der Waals surface area contributed by atoms with Gasteiger partial charge in [0.1, 0.15) is 18.3 Å². The number of anilines is 1. The summed E-state index contributed by atoms with van der Waals surface area (Å²) in [6.07, 6.45) is 0.725. The molecule has 1 N–H and O–H groups in total. The van der Waals surface area contributed by atoms with Crippen molar-refractivity contribution in [3.63, 3.8) is 0 Å². The highest BCUT2D eigenvalue weighted by molar-refractivity contribution is 7.92. The first-order chi connectivity index (χ1) is 18.6. The number of nitrogens with zero attached hydrogens (tertiary/aromatic N) is 2. The summed E-state index contributed by atoms with van der Waals surface area (Å²) in [6, 6.07) is 18.3. The highest BCUT2D eigenvalue weighted by Gasteiger charge is 2.32. The lowest BCUT2D eigenvalue weighted by molar-refractivity contribution is -0.139. The maximum Gasteiger partial charge on any atom is 0.264 e. The number of carbonyl (C=O) groups is 2. The molecule has 0 bridgehead atoms. The van der Waals surface area contributed by atoms with Crippen LogP contribution in [0.2, 0.25) is 10.0 Å². The summed E-state index contributed by atoms with van der Waals surface area (Å²) in [5, 5.41) is 3.18. The molecule has 2 amide bonds. The molecule has 0 aliphatic heterocycles. The molecule has 3 aromatic rings. The number of carbonyl (C=O) groups excluding carboxylic acids is 2. The lowest BCUT2D eigenvalue weighted by Gasteiger charge is -2.32. The number of methoxy groups -OCH3 is 1. The summed E-state index contributed by atoms with van der Waals surface area (Å²) in [6.45, 7) is 3.45. The van der Waals surface area contributed by atoms with Gasteiger partial charge in [0, 0.05) is 13.1 Å². The van der Waals surface area contributed by atoms with Crippen LogP contribution in [0, 0.1) is 0 Å². The van der Waals surface area contributed by atoms with E-state index >= 15 is 0 Å². The molecule has 0 aromatic heterocycles. The van der Waals surface area contributed by atoms with Gasteiger partial charge in [0.05, 0.1) is 27.7 Å². The van der Waals surface area contributed by atoms with Gasteiger partial charge in [0.25, 0.3) is 10.0 Å². The zero-order chi connectivity index (χ0) is 28.6. The van der Waals surface area contributed by atoms with Crippen molar-refractivity contribution in [3.8, 4) is 5.75 Å². The van der Waals surface area contributed by atoms with Crippen LogP contribution in [0.4, 0.5) is 5.69 Å². The van der Waals surface area contributed by atoms with E-state index in [9.17, 15) is 18.0 Å². The molecule has 8 nitrogen and oxygen atoms in total. The van der Waals surface area contributed by atoms with Crippen LogP contribution in [0.3, 0.4) is 0 Å². The number of hydrogen-bond donors (Lipinski definition) is 1. The fourth-order valence-corrected chi connectivity index (χ4v) is 5.55. The average Bonchev–Trinajstić information content (AvgIpc) is 2.94. The standard InChI is InChI=1S/C28H31Cl2N3O5S/c1-4-15-31-28(35)20(2)32(18-21-9-8-10-23(16-21)38-3)27(34)19-33(22-13-14-25(29)26(30)17-22)39(36,37)24-11-6-5-7-12-24/h5-14,16-17,20H,4,15,18-19H2,1-3H3,(H,31,35). The second-order valence-corrected chi connectivity index (χ2v) is 11.4. The Balaban J connectivity index is 2.04. The Kier molecular flexibility index (Phi) is 10.6. The van der Waals surface area contributed by atoms with Gasteiger partial charge < -0.3 is 15.0 Å². The molecule has 0 aliphatic carbocycles. The molecule has 0 heterocycles. The van der Waals surface area contributed by atoms with Crippen molar-refractivity contribution in [2.24, 2.45) is 0 Å². The third kappa shape index (κ3) is 7.65. The summed E-state index contributed by atoms with van der Waals surface area (Å²) >= 11 is 12.3. The lowest BCUT2D eigenvalue weighted by Crippen LogP contribution is -2.51. The number of benzene rings is 3. The van der Waals surface area contributed by atoms with Gasteiger partial charge in [-0.25, -0.2) is 8.42 Å². The smallest absolute Gasteiger partial charge is 0.264 e. The number of rotatable bonds is 12. The first kappa shape index (κ1) is 30.3. The minimum Gasteiger partial charge on any atom is -0.497 e. The fraction of sp³-hybridized carbons (Fsp3) is 0.286. The van der Waals surface area contributed by atoms with Crippen LogP contribution in [-0.4, -0.2) is 51.4 Å². The number of nitrogens with one attached hydrogen (secondary N) is 1. The van der Waals surface area contributed by atoms with Gasteiger partial charge in [0.2, 0.25) is 11.8 Å². The van der Waals surface area contributed by atoms with Crippen LogP contribution in [0.15, 0.2) is 77.7 Å². The number of sulfonamides is 1. The predicted octanol–water partition coefficient (Wildman–Crippen LogP) is 5.14. The van der Waals surface area contributed by atoms with E-state index in [2.05, 4.69) is 5.32 Å². The Morgan fingerprint density at radius 3 is 2.33 bits per heavy atom. The van der Waals surface area contributed by atoms with Crippen molar-refractivity contribution in [1.29, 1.82) is 0 Å².